The lowest BCUT2D eigenvalue weighted by atomic mass is 9.83. The topological polar surface area (TPSA) is 43.4 Å². The van der Waals surface area contributed by atoms with Gasteiger partial charge in [-0.2, -0.15) is 0 Å². The Kier molecular flexibility index (Phi) is 3.15. The van der Waals surface area contributed by atoms with Gasteiger partial charge in [0.2, 0.25) is 0 Å². The van der Waals surface area contributed by atoms with E-state index < -0.39 is 17.7 Å². The van der Waals surface area contributed by atoms with Crippen molar-refractivity contribution in [3.8, 4) is 0 Å². The fourth-order valence-electron chi connectivity index (χ4n) is 2.05. The molecule has 0 aromatic heterocycles. The molecule has 0 N–H and O–H groups in total. The number of halogens is 2. The summed E-state index contributed by atoms with van der Waals surface area (Å²) in [4.78, 5) is 23.2. The van der Waals surface area contributed by atoms with E-state index in [9.17, 15) is 14.0 Å². The first-order valence-corrected chi connectivity index (χ1v) is 5.49. The van der Waals surface area contributed by atoms with Crippen LogP contribution in [0.3, 0.4) is 0 Å². The summed E-state index contributed by atoms with van der Waals surface area (Å²) in [6.45, 7) is 0. The summed E-state index contributed by atoms with van der Waals surface area (Å²) in [5, 5.41) is 0.186. The van der Waals surface area contributed by atoms with E-state index in [-0.39, 0.29) is 34.8 Å². The lowest BCUT2D eigenvalue weighted by Gasteiger charge is -2.22. The molecule has 3 nitrogen and oxygen atoms in total. The van der Waals surface area contributed by atoms with Gasteiger partial charge in [-0.1, -0.05) is 11.6 Å². The molecule has 0 amide bonds. The van der Waals surface area contributed by atoms with Crippen molar-refractivity contribution in [1.29, 1.82) is 0 Å². The second kappa shape index (κ2) is 4.45. The van der Waals surface area contributed by atoms with E-state index in [4.69, 9.17) is 11.6 Å². The molecule has 1 aliphatic rings. The number of Topliss-reactive ketones (excluding diaryl/α,β-unsaturated/α-hetero) is 1. The van der Waals surface area contributed by atoms with Gasteiger partial charge in [0.15, 0.2) is 5.78 Å². The van der Waals surface area contributed by atoms with E-state index in [1.165, 1.54) is 13.2 Å². The van der Waals surface area contributed by atoms with Crippen molar-refractivity contribution in [2.75, 3.05) is 7.11 Å². The van der Waals surface area contributed by atoms with Gasteiger partial charge in [-0.25, -0.2) is 4.39 Å². The number of rotatable bonds is 1. The normalized spacial score (nSPS) is 18.8. The Hall–Kier alpha value is -1.42. The van der Waals surface area contributed by atoms with Gasteiger partial charge in [0.1, 0.15) is 5.82 Å². The first-order chi connectivity index (χ1) is 8.02. The van der Waals surface area contributed by atoms with Gasteiger partial charge >= 0.3 is 5.97 Å². The number of hydrogen-bond acceptors (Lipinski definition) is 3. The Morgan fingerprint density at radius 1 is 1.47 bits per heavy atom. The van der Waals surface area contributed by atoms with Gasteiger partial charge in [-0.3, -0.25) is 9.59 Å². The van der Waals surface area contributed by atoms with Crippen molar-refractivity contribution in [2.24, 2.45) is 5.92 Å². The minimum Gasteiger partial charge on any atom is -0.469 e. The molecule has 0 spiro atoms. The predicted octanol–water partition coefficient (Wildman–Crippen LogP) is 2.40. The monoisotopic (exact) mass is 256 g/mol. The third-order valence-electron chi connectivity index (χ3n) is 2.88. The second-order valence-corrected chi connectivity index (χ2v) is 4.40. The molecule has 1 atom stereocenters. The van der Waals surface area contributed by atoms with E-state index in [2.05, 4.69) is 4.74 Å². The highest BCUT2D eigenvalue weighted by molar-refractivity contribution is 6.31. The highest BCUT2D eigenvalue weighted by Gasteiger charge is 2.32. The van der Waals surface area contributed by atoms with Gasteiger partial charge in [0.05, 0.1) is 13.0 Å². The Balaban J connectivity index is 2.43. The van der Waals surface area contributed by atoms with E-state index in [0.717, 1.165) is 6.07 Å². The fourth-order valence-corrected chi connectivity index (χ4v) is 2.25. The molecular formula is C12H10ClFO3. The molecule has 0 saturated heterocycles. The Morgan fingerprint density at radius 3 is 2.82 bits per heavy atom. The van der Waals surface area contributed by atoms with E-state index in [0.29, 0.717) is 0 Å². The zero-order valence-electron chi connectivity index (χ0n) is 9.13. The number of methoxy groups -OCH3 is 1. The summed E-state index contributed by atoms with van der Waals surface area (Å²) in [6, 6.07) is 2.59. The lowest BCUT2D eigenvalue weighted by Crippen LogP contribution is -2.28. The first-order valence-electron chi connectivity index (χ1n) is 5.12. The average molecular weight is 257 g/mol. The molecule has 0 saturated carbocycles. The lowest BCUT2D eigenvalue weighted by molar-refractivity contribution is -0.145. The number of benzene rings is 1. The highest BCUT2D eigenvalue weighted by Crippen LogP contribution is 2.30. The Bertz CT molecular complexity index is 499. The molecule has 1 aromatic carbocycles. The van der Waals surface area contributed by atoms with Crippen molar-refractivity contribution < 1.29 is 18.7 Å². The molecule has 1 aromatic rings. The molecule has 5 heteroatoms. The smallest absolute Gasteiger partial charge is 0.309 e. The molecule has 2 rings (SSSR count). The van der Waals surface area contributed by atoms with Crippen LogP contribution in [0.5, 0.6) is 0 Å². The predicted molar refractivity (Wildman–Crippen MR) is 59.6 cm³/mol. The molecule has 0 aliphatic heterocycles. The number of hydrogen-bond donors (Lipinski definition) is 0. The maximum Gasteiger partial charge on any atom is 0.309 e. The SMILES string of the molecule is COC(=O)C1CC(=O)c2cc(Cl)cc(F)c2C1. The van der Waals surface area contributed by atoms with E-state index in [1.54, 1.807) is 0 Å². The summed E-state index contributed by atoms with van der Waals surface area (Å²) < 4.78 is 18.2. The number of ketones is 1. The van der Waals surface area contributed by atoms with Crippen LogP contribution in [-0.2, 0) is 16.0 Å². The number of esters is 1. The molecular weight excluding hydrogens is 247 g/mol. The fraction of sp³-hybridized carbons (Fsp3) is 0.333. The Labute approximate surface area is 103 Å². The number of carbonyl (C=O) groups is 2. The first kappa shape index (κ1) is 12.0. The number of fused-ring (bicyclic) bond motifs is 1. The minimum atomic E-state index is -0.601. The zero-order valence-corrected chi connectivity index (χ0v) is 9.88. The summed E-state index contributed by atoms with van der Waals surface area (Å²) in [5.41, 5.74) is 0.524. The van der Waals surface area contributed by atoms with E-state index in [1.807, 2.05) is 0 Å². The number of carbonyl (C=O) groups excluding carboxylic acids is 2. The third kappa shape index (κ3) is 2.17. The Morgan fingerprint density at radius 2 is 2.18 bits per heavy atom. The van der Waals surface area contributed by atoms with Gasteiger partial charge in [0, 0.05) is 17.0 Å². The quantitative estimate of drug-likeness (QED) is 0.725. The highest BCUT2D eigenvalue weighted by atomic mass is 35.5. The molecule has 1 aliphatic carbocycles. The van der Waals surface area contributed by atoms with Gasteiger partial charge in [-0.15, -0.1) is 0 Å². The van der Waals surface area contributed by atoms with Crippen molar-refractivity contribution in [1.82, 2.24) is 0 Å². The van der Waals surface area contributed by atoms with Gasteiger partial charge in [-0.05, 0) is 24.1 Å². The van der Waals surface area contributed by atoms with Crippen LogP contribution in [0.2, 0.25) is 5.02 Å². The van der Waals surface area contributed by atoms with Crippen LogP contribution in [0.4, 0.5) is 4.39 Å². The second-order valence-electron chi connectivity index (χ2n) is 3.97. The van der Waals surface area contributed by atoms with Crippen LogP contribution in [0.1, 0.15) is 22.3 Å². The van der Waals surface area contributed by atoms with Crippen molar-refractivity contribution in [2.45, 2.75) is 12.8 Å². The van der Waals surface area contributed by atoms with Crippen LogP contribution in [0.15, 0.2) is 12.1 Å². The van der Waals surface area contributed by atoms with Crippen molar-refractivity contribution >= 4 is 23.4 Å². The third-order valence-corrected chi connectivity index (χ3v) is 3.10. The van der Waals surface area contributed by atoms with Gasteiger partial charge < -0.3 is 4.74 Å². The van der Waals surface area contributed by atoms with Crippen molar-refractivity contribution in [3.05, 3.63) is 34.1 Å². The maximum absolute atomic E-state index is 13.7. The minimum absolute atomic E-state index is 0.0411. The summed E-state index contributed by atoms with van der Waals surface area (Å²) in [5.74, 6) is -1.91. The molecule has 90 valence electrons. The molecule has 17 heavy (non-hydrogen) atoms. The molecule has 0 radical (unpaired) electrons. The van der Waals surface area contributed by atoms with Crippen LogP contribution >= 0.6 is 11.6 Å². The largest absolute Gasteiger partial charge is 0.469 e. The van der Waals surface area contributed by atoms with Crippen LogP contribution in [0.25, 0.3) is 0 Å². The number of ether oxygens (including phenoxy) is 1. The molecule has 0 heterocycles. The summed E-state index contributed by atoms with van der Waals surface area (Å²) >= 11 is 5.69. The van der Waals surface area contributed by atoms with E-state index >= 15 is 0 Å². The summed E-state index contributed by atoms with van der Waals surface area (Å²) in [6.07, 6.45) is 0.218. The van der Waals surface area contributed by atoms with Crippen LogP contribution in [-0.4, -0.2) is 18.9 Å². The average Bonchev–Trinajstić information content (AvgIpc) is 2.29. The van der Waals surface area contributed by atoms with Crippen molar-refractivity contribution in [3.63, 3.8) is 0 Å². The zero-order chi connectivity index (χ0) is 12.6. The summed E-state index contributed by atoms with van der Waals surface area (Å²) in [7, 11) is 1.25. The maximum atomic E-state index is 13.7. The van der Waals surface area contributed by atoms with Crippen LogP contribution < -0.4 is 0 Å². The molecule has 0 fully saturated rings. The molecule has 1 unspecified atom stereocenters. The van der Waals surface area contributed by atoms with Crippen LogP contribution in [0, 0.1) is 11.7 Å². The van der Waals surface area contributed by atoms with Gasteiger partial charge in [0.25, 0.3) is 0 Å². The standard InChI is InChI=1S/C12H10ClFO3/c1-17-12(16)6-2-8-9(11(15)3-6)4-7(13)5-10(8)14/h4-6H,2-3H2,1H3. The molecule has 0 bridgehead atoms.